The predicted octanol–water partition coefficient (Wildman–Crippen LogP) is 2.98. The van der Waals surface area contributed by atoms with Crippen molar-refractivity contribution in [3.8, 4) is 0 Å². The normalized spacial score (nSPS) is 30.6. The van der Waals surface area contributed by atoms with Gasteiger partial charge in [0.1, 0.15) is 0 Å². The summed E-state index contributed by atoms with van der Waals surface area (Å²) in [6, 6.07) is 9.35. The van der Waals surface area contributed by atoms with Crippen molar-refractivity contribution in [2.45, 2.75) is 51.0 Å². The third kappa shape index (κ3) is 1.84. The Kier molecular flexibility index (Phi) is 2.51. The first-order chi connectivity index (χ1) is 8.45. The number of piperidine rings is 1. The summed E-state index contributed by atoms with van der Waals surface area (Å²) in [5.74, 6) is 1.06. The highest BCUT2D eigenvalue weighted by Crippen LogP contribution is 2.43. The van der Waals surface area contributed by atoms with Crippen molar-refractivity contribution in [2.24, 2.45) is 5.92 Å². The molecule has 1 saturated carbocycles. The van der Waals surface area contributed by atoms with Gasteiger partial charge < -0.3 is 5.32 Å². The van der Waals surface area contributed by atoms with Crippen LogP contribution in [0.25, 0.3) is 0 Å². The van der Waals surface area contributed by atoms with Gasteiger partial charge in [-0.3, -0.25) is 4.79 Å². The fourth-order valence-electron chi connectivity index (χ4n) is 3.31. The molecule has 1 saturated heterocycles. The van der Waals surface area contributed by atoms with E-state index in [-0.39, 0.29) is 17.2 Å². The molecule has 2 fully saturated rings. The monoisotopic (exact) mass is 243 g/mol. The number of carbonyl (C=O) groups is 1. The van der Waals surface area contributed by atoms with Crippen molar-refractivity contribution in [2.75, 3.05) is 0 Å². The second-order valence-corrected chi connectivity index (χ2v) is 6.76. The zero-order valence-electron chi connectivity index (χ0n) is 11.4. The van der Waals surface area contributed by atoms with Gasteiger partial charge in [-0.25, -0.2) is 0 Å². The molecular weight excluding hydrogens is 222 g/mol. The number of benzene rings is 1. The van der Waals surface area contributed by atoms with E-state index in [1.807, 2.05) is 0 Å². The molecule has 1 aromatic carbocycles. The van der Waals surface area contributed by atoms with Gasteiger partial charge in [0.05, 0.1) is 0 Å². The first-order valence-electron chi connectivity index (χ1n) is 6.86. The maximum atomic E-state index is 11.5. The second kappa shape index (κ2) is 3.84. The highest BCUT2D eigenvalue weighted by atomic mass is 16.2. The van der Waals surface area contributed by atoms with Crippen LogP contribution in [0.15, 0.2) is 24.3 Å². The van der Waals surface area contributed by atoms with Gasteiger partial charge in [0.25, 0.3) is 0 Å². The first kappa shape index (κ1) is 11.8. The molecule has 2 heteroatoms. The summed E-state index contributed by atoms with van der Waals surface area (Å²) in [6.45, 7) is 6.71. The summed E-state index contributed by atoms with van der Waals surface area (Å²) in [7, 11) is 0. The molecule has 1 aliphatic heterocycles. The summed E-state index contributed by atoms with van der Waals surface area (Å²) in [6.07, 6.45) is 2.07. The fourth-order valence-corrected chi connectivity index (χ4v) is 3.31. The van der Waals surface area contributed by atoms with Gasteiger partial charge in [-0.05, 0) is 29.4 Å². The minimum Gasteiger partial charge on any atom is -0.352 e. The Hall–Kier alpha value is -1.31. The number of carbonyl (C=O) groups excluding carboxylic acids is 1. The van der Waals surface area contributed by atoms with E-state index in [1.54, 1.807) is 0 Å². The van der Waals surface area contributed by atoms with E-state index in [0.29, 0.717) is 12.0 Å². The highest BCUT2D eigenvalue weighted by Gasteiger charge is 2.45. The Morgan fingerprint density at radius 2 is 1.78 bits per heavy atom. The zero-order chi connectivity index (χ0) is 12.9. The smallest absolute Gasteiger partial charge is 0.223 e. The van der Waals surface area contributed by atoms with Gasteiger partial charge >= 0.3 is 0 Å². The molecule has 2 bridgehead atoms. The summed E-state index contributed by atoms with van der Waals surface area (Å²) in [5.41, 5.74) is 2.97. The maximum Gasteiger partial charge on any atom is 0.223 e. The van der Waals surface area contributed by atoms with Crippen molar-refractivity contribution in [3.05, 3.63) is 35.4 Å². The molecule has 0 unspecified atom stereocenters. The number of rotatable bonds is 1. The molecule has 3 rings (SSSR count). The van der Waals surface area contributed by atoms with Gasteiger partial charge in [0.2, 0.25) is 5.91 Å². The molecule has 0 aromatic heterocycles. The van der Waals surface area contributed by atoms with E-state index >= 15 is 0 Å². The van der Waals surface area contributed by atoms with Crippen molar-refractivity contribution >= 4 is 5.91 Å². The van der Waals surface area contributed by atoms with Crippen LogP contribution in [-0.4, -0.2) is 11.9 Å². The summed E-state index contributed by atoms with van der Waals surface area (Å²) in [4.78, 5) is 11.5. The van der Waals surface area contributed by atoms with Crippen LogP contribution >= 0.6 is 0 Å². The molecule has 1 amide bonds. The van der Waals surface area contributed by atoms with Crippen LogP contribution in [0.1, 0.15) is 50.7 Å². The van der Waals surface area contributed by atoms with Crippen LogP contribution in [0.5, 0.6) is 0 Å². The highest BCUT2D eigenvalue weighted by molar-refractivity contribution is 5.83. The zero-order valence-corrected chi connectivity index (χ0v) is 11.4. The quantitative estimate of drug-likeness (QED) is 0.807. The number of fused-ring (bicyclic) bond motifs is 2. The lowest BCUT2D eigenvalue weighted by atomic mass is 9.84. The second-order valence-electron chi connectivity index (χ2n) is 6.76. The number of amides is 1. The summed E-state index contributed by atoms with van der Waals surface area (Å²) < 4.78 is 0. The largest absolute Gasteiger partial charge is 0.352 e. The van der Waals surface area contributed by atoms with Crippen LogP contribution < -0.4 is 5.32 Å². The average Bonchev–Trinajstić information content (AvgIpc) is 2.86. The molecule has 18 heavy (non-hydrogen) atoms. The number of nitrogens with one attached hydrogen (secondary N) is 1. The standard InChI is InChI=1S/C16H21NO/c1-16(2,3)12-6-4-10(5-7-12)13-8-11-9-14(13)17-15(11)18/h4-7,11,13-14H,8-9H2,1-3H3,(H,17,18)/t11-,13+,14-/m0/s1. The first-order valence-corrected chi connectivity index (χ1v) is 6.86. The molecule has 3 atom stereocenters. The number of hydrogen-bond donors (Lipinski definition) is 1. The average molecular weight is 243 g/mol. The van der Waals surface area contributed by atoms with Gasteiger partial charge in [-0.1, -0.05) is 45.0 Å². The van der Waals surface area contributed by atoms with E-state index < -0.39 is 0 Å². The SMILES string of the molecule is CC(C)(C)c1ccc([C@H]2C[C@H]3C[C@@H]2NC3=O)cc1. The Labute approximate surface area is 109 Å². The van der Waals surface area contributed by atoms with Gasteiger partial charge in [-0.15, -0.1) is 0 Å². The van der Waals surface area contributed by atoms with Gasteiger partial charge in [0, 0.05) is 17.9 Å². The Morgan fingerprint density at radius 3 is 2.22 bits per heavy atom. The third-order valence-electron chi connectivity index (χ3n) is 4.47. The molecule has 1 heterocycles. The molecular formula is C16H21NO. The summed E-state index contributed by atoms with van der Waals surface area (Å²) >= 11 is 0. The minimum atomic E-state index is 0.210. The summed E-state index contributed by atoms with van der Waals surface area (Å²) in [5, 5.41) is 3.11. The van der Waals surface area contributed by atoms with Crippen LogP contribution in [0.4, 0.5) is 0 Å². The fraction of sp³-hybridized carbons (Fsp3) is 0.562. The molecule has 0 radical (unpaired) electrons. The lowest BCUT2D eigenvalue weighted by Crippen LogP contribution is -2.35. The lowest BCUT2D eigenvalue weighted by Gasteiger charge is -2.24. The Bertz CT molecular complexity index is 469. The van der Waals surface area contributed by atoms with Crippen molar-refractivity contribution in [1.29, 1.82) is 0 Å². The number of hydrogen-bond acceptors (Lipinski definition) is 1. The van der Waals surface area contributed by atoms with Crippen molar-refractivity contribution < 1.29 is 4.79 Å². The lowest BCUT2D eigenvalue weighted by molar-refractivity contribution is -0.123. The van der Waals surface area contributed by atoms with Crippen molar-refractivity contribution in [3.63, 3.8) is 0 Å². The molecule has 1 N–H and O–H groups in total. The molecule has 1 aliphatic carbocycles. The molecule has 2 nitrogen and oxygen atoms in total. The van der Waals surface area contributed by atoms with Gasteiger partial charge in [0.15, 0.2) is 0 Å². The van der Waals surface area contributed by atoms with Crippen LogP contribution in [-0.2, 0) is 10.2 Å². The molecule has 0 spiro atoms. The third-order valence-corrected chi connectivity index (χ3v) is 4.47. The Morgan fingerprint density at radius 1 is 1.11 bits per heavy atom. The molecule has 2 aliphatic rings. The van der Waals surface area contributed by atoms with E-state index in [4.69, 9.17) is 0 Å². The van der Waals surface area contributed by atoms with E-state index in [0.717, 1.165) is 12.8 Å². The van der Waals surface area contributed by atoms with Crippen LogP contribution in [0.3, 0.4) is 0 Å². The molecule has 96 valence electrons. The van der Waals surface area contributed by atoms with E-state index in [9.17, 15) is 4.79 Å². The predicted molar refractivity (Wildman–Crippen MR) is 72.5 cm³/mol. The van der Waals surface area contributed by atoms with Crippen LogP contribution in [0, 0.1) is 5.92 Å². The van der Waals surface area contributed by atoms with Gasteiger partial charge in [-0.2, -0.15) is 0 Å². The van der Waals surface area contributed by atoms with E-state index in [1.165, 1.54) is 11.1 Å². The molecule has 1 aromatic rings. The topological polar surface area (TPSA) is 29.1 Å². The Balaban J connectivity index is 1.81. The minimum absolute atomic E-state index is 0.210. The maximum absolute atomic E-state index is 11.5. The van der Waals surface area contributed by atoms with Crippen molar-refractivity contribution in [1.82, 2.24) is 5.32 Å². The van der Waals surface area contributed by atoms with E-state index in [2.05, 4.69) is 50.4 Å². The van der Waals surface area contributed by atoms with Crippen LogP contribution in [0.2, 0.25) is 0 Å².